The lowest BCUT2D eigenvalue weighted by molar-refractivity contribution is 0.0303. The van der Waals surface area contributed by atoms with Crippen molar-refractivity contribution in [1.29, 1.82) is 0 Å². The number of aromatic nitrogens is 1. The van der Waals surface area contributed by atoms with Gasteiger partial charge in [-0.1, -0.05) is 12.1 Å². The van der Waals surface area contributed by atoms with Crippen LogP contribution in [0.3, 0.4) is 0 Å². The predicted molar refractivity (Wildman–Crippen MR) is 136 cm³/mol. The highest BCUT2D eigenvalue weighted by Crippen LogP contribution is 2.40. The second kappa shape index (κ2) is 9.62. The molecule has 35 heavy (non-hydrogen) atoms. The summed E-state index contributed by atoms with van der Waals surface area (Å²) in [6.07, 6.45) is 1.73. The smallest absolute Gasteiger partial charge is 0.411 e. The molecule has 2 aliphatic rings. The number of anilines is 2. The van der Waals surface area contributed by atoms with Gasteiger partial charge in [0.1, 0.15) is 0 Å². The van der Waals surface area contributed by atoms with Gasteiger partial charge in [0.2, 0.25) is 0 Å². The molecule has 1 aromatic heterocycles. The summed E-state index contributed by atoms with van der Waals surface area (Å²) in [6.45, 7) is 6.84. The van der Waals surface area contributed by atoms with E-state index in [-0.39, 0.29) is 12.0 Å². The quantitative estimate of drug-likeness (QED) is 0.536. The number of morpholine rings is 1. The average Bonchev–Trinajstić information content (AvgIpc) is 3.63. The van der Waals surface area contributed by atoms with Crippen LogP contribution in [0.2, 0.25) is 0 Å². The van der Waals surface area contributed by atoms with Crippen molar-refractivity contribution in [1.82, 2.24) is 9.47 Å². The number of carbonyl (C=O) groups excluding carboxylic acids is 2. The van der Waals surface area contributed by atoms with E-state index in [0.29, 0.717) is 49.2 Å². The van der Waals surface area contributed by atoms with Crippen LogP contribution in [0.25, 0.3) is 22.2 Å². The van der Waals surface area contributed by atoms with Gasteiger partial charge in [-0.25, -0.2) is 4.79 Å². The zero-order valence-electron chi connectivity index (χ0n) is 20.3. The van der Waals surface area contributed by atoms with E-state index in [1.807, 2.05) is 61.2 Å². The second-order valence-electron chi connectivity index (χ2n) is 9.61. The maximum Gasteiger partial charge on any atom is 0.411 e. The predicted octanol–water partition coefficient (Wildman–Crippen LogP) is 4.73. The number of nitrogen functional groups attached to an aromatic ring is 1. The molecule has 1 aliphatic heterocycles. The summed E-state index contributed by atoms with van der Waals surface area (Å²) in [7, 11) is 0. The van der Waals surface area contributed by atoms with Gasteiger partial charge in [0, 0.05) is 41.8 Å². The van der Waals surface area contributed by atoms with Crippen LogP contribution in [0.4, 0.5) is 16.2 Å². The van der Waals surface area contributed by atoms with Gasteiger partial charge in [-0.2, -0.15) is 0 Å². The van der Waals surface area contributed by atoms with Gasteiger partial charge >= 0.3 is 6.09 Å². The summed E-state index contributed by atoms with van der Waals surface area (Å²) < 4.78 is 12.8. The molecule has 0 atom stereocenters. The summed E-state index contributed by atoms with van der Waals surface area (Å²) in [5.41, 5.74) is 11.6. The maximum atomic E-state index is 13.1. The Bertz CT molecular complexity index is 1240. The van der Waals surface area contributed by atoms with Crippen molar-refractivity contribution in [2.75, 3.05) is 37.4 Å². The molecule has 184 valence electrons. The number of fused-ring (bicyclic) bond motifs is 1. The normalized spacial score (nSPS) is 16.0. The molecule has 8 heteroatoms. The number of nitrogens with two attached hydrogens (primary N) is 1. The molecule has 5 rings (SSSR count). The van der Waals surface area contributed by atoms with Crippen molar-refractivity contribution in [2.45, 2.75) is 39.3 Å². The lowest BCUT2D eigenvalue weighted by Gasteiger charge is -2.27. The number of ether oxygens (including phenoxy) is 2. The molecule has 2 fully saturated rings. The molecule has 3 N–H and O–H groups in total. The van der Waals surface area contributed by atoms with Crippen LogP contribution in [0, 0.1) is 5.92 Å². The molecular formula is C27H32N4O4. The summed E-state index contributed by atoms with van der Waals surface area (Å²) in [5, 5.41) is 3.70. The van der Waals surface area contributed by atoms with Crippen LogP contribution in [-0.2, 0) is 16.0 Å². The summed E-state index contributed by atoms with van der Waals surface area (Å²) in [4.78, 5) is 26.9. The third-order valence-corrected chi connectivity index (χ3v) is 6.53. The molecule has 1 saturated carbocycles. The topological polar surface area (TPSA) is 98.8 Å². The van der Waals surface area contributed by atoms with E-state index in [0.717, 1.165) is 28.7 Å². The average molecular weight is 477 g/mol. The Balaban J connectivity index is 1.49. The molecule has 0 unspecified atom stereocenters. The number of rotatable bonds is 6. The van der Waals surface area contributed by atoms with E-state index >= 15 is 0 Å². The van der Waals surface area contributed by atoms with E-state index in [4.69, 9.17) is 15.2 Å². The largest absolute Gasteiger partial charge is 0.447 e. The zero-order valence-corrected chi connectivity index (χ0v) is 20.3. The standard InChI is InChI=1S/C27H32N4O4/c1-17(2)35-27(33)29-21-8-5-19(6-9-21)25-24(28)22-10-7-20(26(32)30-11-13-34-14-12-30)15-23(22)31(25)16-18-3-4-18/h5-10,15,17-18H,3-4,11-14,16,28H2,1-2H3,(H,29,33). The molecule has 3 aromatic rings. The molecule has 1 aliphatic carbocycles. The first-order chi connectivity index (χ1) is 16.9. The first-order valence-electron chi connectivity index (χ1n) is 12.3. The van der Waals surface area contributed by atoms with Gasteiger partial charge in [-0.3, -0.25) is 10.1 Å². The molecule has 0 radical (unpaired) electrons. The number of nitrogens with zero attached hydrogens (tertiary/aromatic N) is 2. The van der Waals surface area contributed by atoms with Gasteiger partial charge in [0.25, 0.3) is 5.91 Å². The van der Waals surface area contributed by atoms with Crippen LogP contribution >= 0.6 is 0 Å². The van der Waals surface area contributed by atoms with Crippen LogP contribution in [0.15, 0.2) is 42.5 Å². The molecule has 2 heterocycles. The van der Waals surface area contributed by atoms with Gasteiger partial charge in [0.15, 0.2) is 0 Å². The fourth-order valence-corrected chi connectivity index (χ4v) is 4.59. The number of amides is 2. The van der Waals surface area contributed by atoms with E-state index in [1.165, 1.54) is 12.8 Å². The first-order valence-corrected chi connectivity index (χ1v) is 12.3. The van der Waals surface area contributed by atoms with Gasteiger partial charge in [0.05, 0.1) is 36.2 Å². The highest BCUT2D eigenvalue weighted by atomic mass is 16.6. The zero-order chi connectivity index (χ0) is 24.5. The molecule has 0 bridgehead atoms. The van der Waals surface area contributed by atoms with Gasteiger partial charge in [-0.05, 0) is 62.9 Å². The minimum absolute atomic E-state index is 0.0261. The molecule has 2 aromatic carbocycles. The highest BCUT2D eigenvalue weighted by molar-refractivity contribution is 6.05. The second-order valence-corrected chi connectivity index (χ2v) is 9.61. The first kappa shape index (κ1) is 23.2. The SMILES string of the molecule is CC(C)OC(=O)Nc1ccc(-c2c(N)c3ccc(C(=O)N4CCOCC4)cc3n2CC2CC2)cc1. The van der Waals surface area contributed by atoms with Crippen LogP contribution in [-0.4, -0.2) is 53.9 Å². The van der Waals surface area contributed by atoms with Crippen molar-refractivity contribution >= 4 is 34.3 Å². The van der Waals surface area contributed by atoms with E-state index in [9.17, 15) is 9.59 Å². The Morgan fingerprint density at radius 2 is 1.83 bits per heavy atom. The number of hydrogen-bond acceptors (Lipinski definition) is 5. The van der Waals surface area contributed by atoms with Crippen molar-refractivity contribution in [3.63, 3.8) is 0 Å². The Morgan fingerprint density at radius 1 is 1.11 bits per heavy atom. The van der Waals surface area contributed by atoms with Crippen molar-refractivity contribution in [3.8, 4) is 11.3 Å². The molecular weight excluding hydrogens is 444 g/mol. The third kappa shape index (κ3) is 4.98. The summed E-state index contributed by atoms with van der Waals surface area (Å²) >= 11 is 0. The summed E-state index contributed by atoms with van der Waals surface area (Å²) in [6, 6.07) is 13.4. The maximum absolute atomic E-state index is 13.1. The van der Waals surface area contributed by atoms with E-state index in [2.05, 4.69) is 9.88 Å². The monoisotopic (exact) mass is 476 g/mol. The minimum Gasteiger partial charge on any atom is -0.447 e. The minimum atomic E-state index is -0.479. The summed E-state index contributed by atoms with van der Waals surface area (Å²) in [5.74, 6) is 0.646. The van der Waals surface area contributed by atoms with Crippen LogP contribution < -0.4 is 11.1 Å². The van der Waals surface area contributed by atoms with Crippen LogP contribution in [0.5, 0.6) is 0 Å². The van der Waals surface area contributed by atoms with Crippen LogP contribution in [0.1, 0.15) is 37.0 Å². The Kier molecular flexibility index (Phi) is 6.38. The van der Waals surface area contributed by atoms with Crippen molar-refractivity contribution in [2.24, 2.45) is 5.92 Å². The highest BCUT2D eigenvalue weighted by Gasteiger charge is 2.27. The fraction of sp³-hybridized carbons (Fsp3) is 0.407. The van der Waals surface area contributed by atoms with E-state index < -0.39 is 6.09 Å². The molecule has 0 spiro atoms. The van der Waals surface area contributed by atoms with Gasteiger partial charge in [-0.15, -0.1) is 0 Å². The number of nitrogens with one attached hydrogen (secondary N) is 1. The Labute approximate surface area is 205 Å². The lowest BCUT2D eigenvalue weighted by atomic mass is 10.1. The van der Waals surface area contributed by atoms with Crippen molar-refractivity contribution in [3.05, 3.63) is 48.0 Å². The molecule has 2 amide bonds. The Morgan fingerprint density at radius 3 is 2.49 bits per heavy atom. The molecule has 1 saturated heterocycles. The fourth-order valence-electron chi connectivity index (χ4n) is 4.59. The van der Waals surface area contributed by atoms with E-state index in [1.54, 1.807) is 0 Å². The third-order valence-electron chi connectivity index (χ3n) is 6.53. The number of carbonyl (C=O) groups is 2. The lowest BCUT2D eigenvalue weighted by Crippen LogP contribution is -2.40. The van der Waals surface area contributed by atoms with Gasteiger partial charge < -0.3 is 24.7 Å². The molecule has 8 nitrogen and oxygen atoms in total. The number of benzene rings is 2. The van der Waals surface area contributed by atoms with Crippen molar-refractivity contribution < 1.29 is 19.1 Å². The number of hydrogen-bond donors (Lipinski definition) is 2. The Hall–Kier alpha value is -3.52.